The first kappa shape index (κ1) is 17.2. The molecule has 0 atom stereocenters. The maximum absolute atomic E-state index is 11.9. The van der Waals surface area contributed by atoms with Gasteiger partial charge in [-0.3, -0.25) is 5.14 Å². The van der Waals surface area contributed by atoms with Crippen LogP contribution in [0.15, 0.2) is 46.2 Å². The van der Waals surface area contributed by atoms with Crippen LogP contribution < -0.4 is 5.14 Å². The number of nitrogens with two attached hydrogens (primary N) is 1. The van der Waals surface area contributed by atoms with Crippen LogP contribution in [0.25, 0.3) is 10.8 Å². The van der Waals surface area contributed by atoms with E-state index in [0.29, 0.717) is 6.61 Å². The van der Waals surface area contributed by atoms with Gasteiger partial charge in [0.25, 0.3) is 0 Å². The van der Waals surface area contributed by atoms with Crippen molar-refractivity contribution in [1.29, 1.82) is 0 Å². The monoisotopic (exact) mass is 337 g/mol. The number of benzene rings is 2. The van der Waals surface area contributed by atoms with Gasteiger partial charge < -0.3 is 4.74 Å². The second kappa shape index (κ2) is 7.40. The molecule has 3 nitrogen and oxygen atoms in total. The van der Waals surface area contributed by atoms with Gasteiger partial charge >= 0.3 is 5.30 Å². The third-order valence-electron chi connectivity index (χ3n) is 3.75. The molecule has 2 rings (SSSR count). The van der Waals surface area contributed by atoms with Crippen molar-refractivity contribution in [3.05, 3.63) is 36.4 Å². The highest BCUT2D eigenvalue weighted by Gasteiger charge is 2.22. The summed E-state index contributed by atoms with van der Waals surface area (Å²) in [7, 11) is -1.36. The predicted octanol–water partition coefficient (Wildman–Crippen LogP) is 5.17. The van der Waals surface area contributed by atoms with Gasteiger partial charge in [-0.1, -0.05) is 38.1 Å². The molecule has 0 bridgehead atoms. The topological polar surface area (TPSA) is 52.3 Å². The third-order valence-corrected chi connectivity index (χ3v) is 7.87. The van der Waals surface area contributed by atoms with Crippen molar-refractivity contribution >= 4 is 38.0 Å². The molecule has 0 saturated heterocycles. The lowest BCUT2D eigenvalue weighted by Gasteiger charge is -2.35. The number of rotatable bonds is 5. The van der Waals surface area contributed by atoms with Gasteiger partial charge in [0, 0.05) is 15.2 Å². The molecule has 2 aromatic carbocycles. The van der Waals surface area contributed by atoms with E-state index in [1.807, 2.05) is 19.1 Å². The van der Waals surface area contributed by atoms with Gasteiger partial charge in [-0.2, -0.15) is 10.2 Å². The van der Waals surface area contributed by atoms with Crippen LogP contribution in [0.5, 0.6) is 0 Å². The number of hydrogen-bond donors (Lipinski definition) is 1. The first-order valence-corrected chi connectivity index (χ1v) is 10.3. The summed E-state index contributed by atoms with van der Waals surface area (Å²) in [6, 6.07) is 12.2. The molecule has 120 valence electrons. The van der Waals surface area contributed by atoms with E-state index in [-0.39, 0.29) is 5.30 Å². The smallest absolute Gasteiger partial charge is 0.372 e. The Kier molecular flexibility index (Phi) is 5.78. The summed E-state index contributed by atoms with van der Waals surface area (Å²) in [6.45, 7) is 6.48. The quantitative estimate of drug-likeness (QED) is 0.604. The fourth-order valence-corrected chi connectivity index (χ4v) is 5.36. The van der Waals surface area contributed by atoms with Crippen LogP contribution in [-0.2, 0) is 4.74 Å². The largest absolute Gasteiger partial charge is 0.458 e. The van der Waals surface area contributed by atoms with Crippen molar-refractivity contribution in [2.24, 2.45) is 5.14 Å². The Balaban J connectivity index is 2.61. The summed E-state index contributed by atoms with van der Waals surface area (Å²) in [5, 5.41) is 8.65. The van der Waals surface area contributed by atoms with Gasteiger partial charge in [-0.05, 0) is 47.7 Å². The molecule has 0 aromatic heterocycles. The standard InChI is InChI=1S/C17H23NO2S2/c1-4-20-17(19)21-14-11-7-9-13-10-8-12-15(16(13)14)22(18,5-2)6-3/h7-12H,4-6,18H2,1-3H3. The van der Waals surface area contributed by atoms with E-state index in [9.17, 15) is 4.79 Å². The maximum Gasteiger partial charge on any atom is 0.372 e. The van der Waals surface area contributed by atoms with E-state index in [4.69, 9.17) is 9.88 Å². The Morgan fingerprint density at radius 1 is 1.14 bits per heavy atom. The first-order valence-electron chi connectivity index (χ1n) is 7.48. The zero-order valence-corrected chi connectivity index (χ0v) is 14.9. The van der Waals surface area contributed by atoms with Gasteiger partial charge in [0.2, 0.25) is 0 Å². The molecule has 2 N–H and O–H groups in total. The maximum atomic E-state index is 11.9. The highest BCUT2D eigenvalue weighted by molar-refractivity contribution is 8.32. The molecule has 0 aliphatic carbocycles. The Bertz CT molecular complexity index is 664. The van der Waals surface area contributed by atoms with E-state index in [1.165, 1.54) is 4.90 Å². The van der Waals surface area contributed by atoms with Crippen LogP contribution in [0.2, 0.25) is 0 Å². The van der Waals surface area contributed by atoms with E-state index in [0.717, 1.165) is 38.9 Å². The molecule has 0 heterocycles. The van der Waals surface area contributed by atoms with Gasteiger partial charge in [-0.15, -0.1) is 0 Å². The van der Waals surface area contributed by atoms with Crippen molar-refractivity contribution in [1.82, 2.24) is 0 Å². The molecule has 22 heavy (non-hydrogen) atoms. The highest BCUT2D eigenvalue weighted by Crippen LogP contribution is 2.52. The summed E-state index contributed by atoms with van der Waals surface area (Å²) in [4.78, 5) is 14.0. The Morgan fingerprint density at radius 3 is 2.36 bits per heavy atom. The van der Waals surface area contributed by atoms with Crippen LogP contribution in [0, 0.1) is 0 Å². The molecular formula is C17H23NO2S2. The number of fused-ring (bicyclic) bond motifs is 1. The molecule has 0 aliphatic rings. The molecule has 0 radical (unpaired) electrons. The normalized spacial score (nSPS) is 12.4. The number of ether oxygens (including phenoxy) is 1. The Morgan fingerprint density at radius 2 is 1.77 bits per heavy atom. The molecule has 0 unspecified atom stereocenters. The van der Waals surface area contributed by atoms with Crippen molar-refractivity contribution in [3.8, 4) is 0 Å². The van der Waals surface area contributed by atoms with E-state index in [1.54, 1.807) is 0 Å². The minimum atomic E-state index is -1.36. The van der Waals surface area contributed by atoms with Crippen molar-refractivity contribution < 1.29 is 9.53 Å². The summed E-state index contributed by atoms with van der Waals surface area (Å²) in [5.74, 6) is 1.86. The van der Waals surface area contributed by atoms with Crippen molar-refractivity contribution in [3.63, 3.8) is 0 Å². The number of thioether (sulfide) groups is 1. The molecular weight excluding hydrogens is 314 g/mol. The van der Waals surface area contributed by atoms with Gasteiger partial charge in [-0.25, -0.2) is 4.79 Å². The summed E-state index contributed by atoms with van der Waals surface area (Å²) < 4.78 is 5.07. The molecule has 5 heteroatoms. The molecule has 2 aromatic rings. The van der Waals surface area contributed by atoms with Crippen LogP contribution in [0.3, 0.4) is 0 Å². The van der Waals surface area contributed by atoms with E-state index in [2.05, 4.69) is 38.1 Å². The van der Waals surface area contributed by atoms with Crippen LogP contribution in [-0.4, -0.2) is 23.4 Å². The second-order valence-electron chi connectivity index (χ2n) is 4.92. The fourth-order valence-electron chi connectivity index (χ4n) is 2.45. The average Bonchev–Trinajstić information content (AvgIpc) is 2.54. The highest BCUT2D eigenvalue weighted by atomic mass is 32.3. The van der Waals surface area contributed by atoms with Crippen molar-refractivity contribution in [2.75, 3.05) is 18.1 Å². The molecule has 0 spiro atoms. The SMILES string of the molecule is CCOC(=O)Sc1cccc2cccc(S(N)(CC)CC)c12. The van der Waals surface area contributed by atoms with Crippen LogP contribution in [0.1, 0.15) is 20.8 Å². The predicted molar refractivity (Wildman–Crippen MR) is 98.0 cm³/mol. The lowest BCUT2D eigenvalue weighted by Crippen LogP contribution is -2.16. The molecule has 0 amide bonds. The molecule has 0 saturated carbocycles. The number of carbonyl (C=O) groups excluding carboxylic acids is 1. The Labute approximate surface area is 138 Å². The lowest BCUT2D eigenvalue weighted by molar-refractivity contribution is 0.181. The van der Waals surface area contributed by atoms with Gasteiger partial charge in [0.1, 0.15) is 0 Å². The Hall–Kier alpha value is -1.17. The zero-order valence-electron chi connectivity index (χ0n) is 13.3. The molecule has 0 fully saturated rings. The minimum absolute atomic E-state index is 0.268. The van der Waals surface area contributed by atoms with E-state index >= 15 is 0 Å². The fraction of sp³-hybridized carbons (Fsp3) is 0.353. The zero-order chi connectivity index (χ0) is 16.2. The first-order chi connectivity index (χ1) is 10.6. The summed E-state index contributed by atoms with van der Waals surface area (Å²) in [6.07, 6.45) is 0. The van der Waals surface area contributed by atoms with Gasteiger partial charge in [0.05, 0.1) is 6.61 Å². The van der Waals surface area contributed by atoms with Crippen molar-refractivity contribution in [2.45, 2.75) is 30.6 Å². The minimum Gasteiger partial charge on any atom is -0.458 e. The van der Waals surface area contributed by atoms with Crippen LogP contribution >= 0.6 is 22.0 Å². The molecule has 0 aliphatic heterocycles. The second-order valence-corrected chi connectivity index (χ2v) is 9.38. The lowest BCUT2D eigenvalue weighted by atomic mass is 10.1. The van der Waals surface area contributed by atoms with Gasteiger partial charge in [0.15, 0.2) is 0 Å². The summed E-state index contributed by atoms with van der Waals surface area (Å²) >= 11 is 1.15. The number of hydrogen-bond acceptors (Lipinski definition) is 4. The number of carbonyl (C=O) groups is 1. The third kappa shape index (κ3) is 3.42. The van der Waals surface area contributed by atoms with Crippen LogP contribution in [0.4, 0.5) is 4.79 Å². The average molecular weight is 338 g/mol. The summed E-state index contributed by atoms with van der Waals surface area (Å²) in [5.41, 5.74) is 0. The van der Waals surface area contributed by atoms with E-state index < -0.39 is 10.2 Å².